The lowest BCUT2D eigenvalue weighted by atomic mass is 9.89. The van der Waals surface area contributed by atoms with Gasteiger partial charge in [-0.05, 0) is 44.2 Å². The Hall–Kier alpha value is -3.20. The van der Waals surface area contributed by atoms with Gasteiger partial charge in [0.05, 0.1) is 12.6 Å². The first kappa shape index (κ1) is 20.7. The van der Waals surface area contributed by atoms with Crippen LogP contribution in [0.2, 0.25) is 0 Å². The van der Waals surface area contributed by atoms with Gasteiger partial charge in [0.1, 0.15) is 11.4 Å². The highest BCUT2D eigenvalue weighted by Crippen LogP contribution is 2.37. The smallest absolute Gasteiger partial charge is 0.276 e. The molecule has 2 bridgehead atoms. The van der Waals surface area contributed by atoms with Gasteiger partial charge in [0, 0.05) is 24.3 Å². The van der Waals surface area contributed by atoms with Gasteiger partial charge < -0.3 is 24.6 Å². The SMILES string of the molecule is Cc1ccc(CNC(=O)c2cn3c(c(O)c2=O)C(=O)N2C(C3)O[C@@H]3CCC[C@H]2C3)c(F)c1. The summed E-state index contributed by atoms with van der Waals surface area (Å²) in [5.74, 6) is -2.42. The minimum Gasteiger partial charge on any atom is -0.503 e. The Morgan fingerprint density at radius 1 is 1.31 bits per heavy atom. The molecule has 2 aromatic rings. The third-order valence-corrected chi connectivity index (χ3v) is 6.59. The van der Waals surface area contributed by atoms with Gasteiger partial charge in [-0.2, -0.15) is 0 Å². The lowest BCUT2D eigenvalue weighted by Crippen LogP contribution is -2.60. The Morgan fingerprint density at radius 2 is 2.12 bits per heavy atom. The number of halogens is 1. The first-order valence-electron chi connectivity index (χ1n) is 10.8. The molecule has 32 heavy (non-hydrogen) atoms. The van der Waals surface area contributed by atoms with Crippen molar-refractivity contribution in [1.82, 2.24) is 14.8 Å². The number of fused-ring (bicyclic) bond motifs is 5. The summed E-state index contributed by atoms with van der Waals surface area (Å²) in [6, 6.07) is 4.67. The third-order valence-electron chi connectivity index (χ3n) is 6.59. The fraction of sp³-hybridized carbons (Fsp3) is 0.435. The van der Waals surface area contributed by atoms with Crippen molar-refractivity contribution in [3.63, 3.8) is 0 Å². The number of hydrogen-bond donors (Lipinski definition) is 2. The molecule has 1 aromatic heterocycles. The molecule has 9 heteroatoms. The summed E-state index contributed by atoms with van der Waals surface area (Å²) in [5, 5.41) is 13.1. The number of nitrogens with zero attached hydrogens (tertiary/aromatic N) is 2. The molecule has 1 aromatic carbocycles. The van der Waals surface area contributed by atoms with Gasteiger partial charge in [-0.15, -0.1) is 0 Å². The monoisotopic (exact) mass is 441 g/mol. The molecule has 1 saturated carbocycles. The van der Waals surface area contributed by atoms with Crippen LogP contribution in [0.3, 0.4) is 0 Å². The highest BCUT2D eigenvalue weighted by molar-refractivity contribution is 5.99. The number of amides is 2. The van der Waals surface area contributed by atoms with Crippen molar-refractivity contribution in [2.45, 2.75) is 64.1 Å². The Bertz CT molecular complexity index is 1180. The van der Waals surface area contributed by atoms with Crippen LogP contribution in [0.15, 0.2) is 29.2 Å². The van der Waals surface area contributed by atoms with Crippen LogP contribution in [-0.2, 0) is 17.8 Å². The van der Waals surface area contributed by atoms with Gasteiger partial charge >= 0.3 is 0 Å². The van der Waals surface area contributed by atoms with Crippen LogP contribution >= 0.6 is 0 Å². The molecule has 1 unspecified atom stereocenters. The molecule has 5 rings (SSSR count). The molecule has 3 atom stereocenters. The van der Waals surface area contributed by atoms with Crippen molar-refractivity contribution < 1.29 is 23.8 Å². The molecule has 2 fully saturated rings. The molecule has 0 radical (unpaired) electrons. The molecule has 1 aliphatic carbocycles. The van der Waals surface area contributed by atoms with Crippen LogP contribution in [0.25, 0.3) is 0 Å². The van der Waals surface area contributed by atoms with Gasteiger partial charge in [0.2, 0.25) is 5.43 Å². The number of aromatic hydroxyl groups is 1. The number of carbonyl (C=O) groups excluding carboxylic acids is 2. The van der Waals surface area contributed by atoms with Crippen LogP contribution in [0, 0.1) is 12.7 Å². The molecule has 2 aliphatic heterocycles. The van der Waals surface area contributed by atoms with Crippen LogP contribution in [0.4, 0.5) is 4.39 Å². The topological polar surface area (TPSA) is 101 Å². The zero-order valence-corrected chi connectivity index (χ0v) is 17.6. The highest BCUT2D eigenvalue weighted by atomic mass is 19.1. The zero-order valence-electron chi connectivity index (χ0n) is 17.6. The van der Waals surface area contributed by atoms with E-state index in [1.165, 1.54) is 16.8 Å². The first-order valence-corrected chi connectivity index (χ1v) is 10.8. The second-order valence-corrected chi connectivity index (χ2v) is 8.74. The number of ether oxygens (including phenoxy) is 1. The number of benzene rings is 1. The number of nitrogens with one attached hydrogen (secondary N) is 1. The van der Waals surface area contributed by atoms with E-state index in [1.807, 2.05) is 0 Å². The fourth-order valence-electron chi connectivity index (χ4n) is 4.98. The first-order chi connectivity index (χ1) is 15.3. The van der Waals surface area contributed by atoms with Crippen LogP contribution in [-0.4, -0.2) is 44.8 Å². The maximum Gasteiger partial charge on any atom is 0.276 e. The van der Waals surface area contributed by atoms with E-state index in [4.69, 9.17) is 4.74 Å². The van der Waals surface area contributed by atoms with Gasteiger partial charge in [-0.1, -0.05) is 12.1 Å². The summed E-state index contributed by atoms with van der Waals surface area (Å²) < 4.78 is 21.5. The fourth-order valence-corrected chi connectivity index (χ4v) is 4.98. The highest BCUT2D eigenvalue weighted by Gasteiger charge is 2.46. The number of pyridine rings is 1. The summed E-state index contributed by atoms with van der Waals surface area (Å²) in [5.41, 5.74) is -0.331. The number of rotatable bonds is 3. The molecule has 1 saturated heterocycles. The van der Waals surface area contributed by atoms with E-state index in [0.717, 1.165) is 31.2 Å². The van der Waals surface area contributed by atoms with Crippen molar-refractivity contribution in [2.75, 3.05) is 0 Å². The van der Waals surface area contributed by atoms with Crippen molar-refractivity contribution in [2.24, 2.45) is 0 Å². The number of aryl methyl sites for hydroxylation is 1. The summed E-state index contributed by atoms with van der Waals surface area (Å²) >= 11 is 0. The van der Waals surface area contributed by atoms with Crippen molar-refractivity contribution in [1.29, 1.82) is 0 Å². The Kier molecular flexibility index (Phi) is 5.00. The minimum absolute atomic E-state index is 0.0237. The predicted molar refractivity (Wildman–Crippen MR) is 112 cm³/mol. The summed E-state index contributed by atoms with van der Waals surface area (Å²) in [6.45, 7) is 1.86. The van der Waals surface area contributed by atoms with E-state index in [1.54, 1.807) is 24.0 Å². The van der Waals surface area contributed by atoms with Gasteiger partial charge in [-0.25, -0.2) is 4.39 Å². The second-order valence-electron chi connectivity index (χ2n) is 8.74. The largest absolute Gasteiger partial charge is 0.503 e. The minimum atomic E-state index is -0.927. The molecule has 8 nitrogen and oxygen atoms in total. The Labute approximate surface area is 183 Å². The maximum absolute atomic E-state index is 14.1. The van der Waals surface area contributed by atoms with Crippen LogP contribution in [0.1, 0.15) is 57.7 Å². The quantitative estimate of drug-likeness (QED) is 0.759. The maximum atomic E-state index is 14.1. The molecule has 3 aliphatic rings. The summed E-state index contributed by atoms with van der Waals surface area (Å²) in [7, 11) is 0. The van der Waals surface area contributed by atoms with Crippen LogP contribution in [0.5, 0.6) is 5.75 Å². The molecule has 3 heterocycles. The van der Waals surface area contributed by atoms with Crippen molar-refractivity contribution in [3.05, 3.63) is 62.8 Å². The van der Waals surface area contributed by atoms with E-state index in [9.17, 15) is 23.9 Å². The summed E-state index contributed by atoms with van der Waals surface area (Å²) in [6.07, 6.45) is 4.39. The normalized spacial score (nSPS) is 24.0. The molecule has 0 spiro atoms. The van der Waals surface area contributed by atoms with Gasteiger partial charge in [0.15, 0.2) is 17.7 Å². The van der Waals surface area contributed by atoms with Crippen LogP contribution < -0.4 is 10.7 Å². The average Bonchev–Trinajstić information content (AvgIpc) is 2.75. The average molecular weight is 441 g/mol. The molecular formula is C23H24FN3O5. The number of aromatic nitrogens is 1. The Morgan fingerprint density at radius 3 is 2.91 bits per heavy atom. The standard InChI is InChI=1S/C23H24FN3O5/c1-12-5-6-13(17(24)7-12)9-25-22(30)16-10-26-11-18-27(14-3-2-4-15(8-14)32-18)23(31)19(26)21(29)20(16)28/h5-7,10,14-15,18,29H,2-4,8-9,11H2,1H3,(H,25,30)/t14-,15+,18?/m0/s1. The molecular weight excluding hydrogens is 417 g/mol. The lowest BCUT2D eigenvalue weighted by Gasteiger charge is -2.50. The summed E-state index contributed by atoms with van der Waals surface area (Å²) in [4.78, 5) is 40.2. The lowest BCUT2D eigenvalue weighted by molar-refractivity contribution is -0.170. The molecule has 2 N–H and O–H groups in total. The van der Waals surface area contributed by atoms with E-state index < -0.39 is 35.0 Å². The third kappa shape index (κ3) is 3.37. The Balaban J connectivity index is 1.43. The van der Waals surface area contributed by atoms with E-state index >= 15 is 0 Å². The van der Waals surface area contributed by atoms with E-state index in [-0.39, 0.29) is 42.1 Å². The zero-order chi connectivity index (χ0) is 22.6. The van der Waals surface area contributed by atoms with Gasteiger partial charge in [0.25, 0.3) is 11.8 Å². The second kappa shape index (κ2) is 7.74. The predicted octanol–water partition coefficient (Wildman–Crippen LogP) is 2.05. The van der Waals surface area contributed by atoms with Crippen molar-refractivity contribution >= 4 is 11.8 Å². The van der Waals surface area contributed by atoms with E-state index in [0.29, 0.717) is 0 Å². The molecule has 168 valence electrons. The van der Waals surface area contributed by atoms with E-state index in [2.05, 4.69) is 5.32 Å². The van der Waals surface area contributed by atoms with Crippen molar-refractivity contribution in [3.8, 4) is 5.75 Å². The van der Waals surface area contributed by atoms with Gasteiger partial charge in [-0.3, -0.25) is 14.4 Å². The molecule has 2 amide bonds. The number of carbonyl (C=O) groups is 2. The number of hydrogen-bond acceptors (Lipinski definition) is 5.